The fourth-order valence-corrected chi connectivity index (χ4v) is 2.26. The van der Waals surface area contributed by atoms with Crippen molar-refractivity contribution in [1.82, 2.24) is 19.9 Å². The van der Waals surface area contributed by atoms with Crippen LogP contribution in [0.4, 0.5) is 6.01 Å². The van der Waals surface area contributed by atoms with Gasteiger partial charge in [-0.1, -0.05) is 19.0 Å². The third-order valence-corrected chi connectivity index (χ3v) is 3.80. The van der Waals surface area contributed by atoms with Crippen LogP contribution in [0.3, 0.4) is 0 Å². The molecule has 20 heavy (non-hydrogen) atoms. The Bertz CT molecular complexity index is 398. The molecule has 1 aromatic heterocycles. The molecule has 2 heterocycles. The molecule has 0 aliphatic carbocycles. The van der Waals surface area contributed by atoms with Crippen LogP contribution in [-0.2, 0) is 0 Å². The van der Waals surface area contributed by atoms with Crippen LogP contribution in [0, 0.1) is 0 Å². The van der Waals surface area contributed by atoms with Crippen LogP contribution < -0.4 is 5.32 Å². The molecule has 6 nitrogen and oxygen atoms in total. The summed E-state index contributed by atoms with van der Waals surface area (Å²) in [6, 6.07) is 0.884. The molecule has 114 valence electrons. The summed E-state index contributed by atoms with van der Waals surface area (Å²) in [7, 11) is 2.18. The van der Waals surface area contributed by atoms with Gasteiger partial charge in [0, 0.05) is 44.7 Å². The fraction of sp³-hybridized carbons (Fsp3) is 0.857. The minimum Gasteiger partial charge on any atom is -0.335 e. The van der Waals surface area contributed by atoms with Crippen LogP contribution in [0.2, 0.25) is 0 Å². The number of anilines is 1. The SMILES string of the molecule is CC(CCN1CCN(C)CC1)Nc1nc(C(C)C)no1. The van der Waals surface area contributed by atoms with Gasteiger partial charge in [0.1, 0.15) is 0 Å². The Balaban J connectivity index is 1.70. The van der Waals surface area contributed by atoms with Gasteiger partial charge in [0.25, 0.3) is 0 Å². The van der Waals surface area contributed by atoms with E-state index in [-0.39, 0.29) is 0 Å². The molecule has 1 N–H and O–H groups in total. The second-order valence-electron chi connectivity index (χ2n) is 6.09. The van der Waals surface area contributed by atoms with Crippen molar-refractivity contribution in [3.8, 4) is 0 Å². The highest BCUT2D eigenvalue weighted by molar-refractivity contribution is 5.20. The zero-order valence-corrected chi connectivity index (χ0v) is 13.1. The Morgan fingerprint density at radius 3 is 2.50 bits per heavy atom. The van der Waals surface area contributed by atoms with Gasteiger partial charge >= 0.3 is 6.01 Å². The molecule has 0 saturated carbocycles. The highest BCUT2D eigenvalue weighted by atomic mass is 16.5. The summed E-state index contributed by atoms with van der Waals surface area (Å²) in [5.74, 6) is 1.06. The molecule has 0 radical (unpaired) electrons. The minimum absolute atomic E-state index is 0.301. The first-order valence-electron chi connectivity index (χ1n) is 7.55. The molecule has 1 aromatic rings. The molecule has 1 atom stereocenters. The van der Waals surface area contributed by atoms with Crippen LogP contribution in [0.15, 0.2) is 4.52 Å². The average Bonchev–Trinajstić information content (AvgIpc) is 2.87. The number of likely N-dealkylation sites (N-methyl/N-ethyl adjacent to an activating group) is 1. The lowest BCUT2D eigenvalue weighted by Crippen LogP contribution is -2.45. The van der Waals surface area contributed by atoms with Gasteiger partial charge in [0.2, 0.25) is 0 Å². The highest BCUT2D eigenvalue weighted by Gasteiger charge is 2.15. The summed E-state index contributed by atoms with van der Waals surface area (Å²) in [4.78, 5) is 9.24. The van der Waals surface area contributed by atoms with Crippen LogP contribution in [0.5, 0.6) is 0 Å². The number of piperazine rings is 1. The summed E-state index contributed by atoms with van der Waals surface area (Å²) in [6.45, 7) is 12.1. The number of hydrogen-bond donors (Lipinski definition) is 1. The Morgan fingerprint density at radius 1 is 1.20 bits per heavy atom. The molecule has 0 aromatic carbocycles. The molecule has 0 amide bonds. The van der Waals surface area contributed by atoms with E-state index in [0.717, 1.165) is 18.8 Å². The van der Waals surface area contributed by atoms with Crippen molar-refractivity contribution in [2.45, 2.75) is 39.2 Å². The second-order valence-corrected chi connectivity index (χ2v) is 6.09. The maximum absolute atomic E-state index is 5.21. The van der Waals surface area contributed by atoms with E-state index in [2.05, 4.69) is 53.1 Å². The molecule has 1 aliphatic heterocycles. The minimum atomic E-state index is 0.301. The first-order valence-corrected chi connectivity index (χ1v) is 7.55. The first-order chi connectivity index (χ1) is 9.54. The fourth-order valence-electron chi connectivity index (χ4n) is 2.26. The van der Waals surface area contributed by atoms with Crippen molar-refractivity contribution in [3.05, 3.63) is 5.82 Å². The van der Waals surface area contributed by atoms with Gasteiger partial charge in [0.05, 0.1) is 0 Å². The lowest BCUT2D eigenvalue weighted by atomic mass is 10.2. The maximum Gasteiger partial charge on any atom is 0.321 e. The standard InChI is InChI=1S/C14H27N5O/c1-11(2)13-16-14(20-17-13)15-12(3)5-6-19-9-7-18(4)8-10-19/h11-12H,5-10H2,1-4H3,(H,15,16,17). The molecule has 0 spiro atoms. The van der Waals surface area contributed by atoms with Crippen molar-refractivity contribution < 1.29 is 4.52 Å². The lowest BCUT2D eigenvalue weighted by molar-refractivity contribution is 0.151. The van der Waals surface area contributed by atoms with Crippen molar-refractivity contribution >= 4 is 6.01 Å². The van der Waals surface area contributed by atoms with Gasteiger partial charge in [-0.05, 0) is 20.4 Å². The van der Waals surface area contributed by atoms with Gasteiger partial charge in [-0.3, -0.25) is 0 Å². The van der Waals surface area contributed by atoms with Crippen LogP contribution >= 0.6 is 0 Å². The van der Waals surface area contributed by atoms with Crippen LogP contribution in [-0.4, -0.2) is 65.8 Å². The van der Waals surface area contributed by atoms with E-state index in [1.165, 1.54) is 26.2 Å². The molecule has 0 bridgehead atoms. The average molecular weight is 281 g/mol. The molecule has 1 saturated heterocycles. The second kappa shape index (κ2) is 7.04. The largest absolute Gasteiger partial charge is 0.335 e. The van der Waals surface area contributed by atoms with E-state index in [4.69, 9.17) is 4.52 Å². The number of nitrogens with zero attached hydrogens (tertiary/aromatic N) is 4. The molecule has 2 rings (SSSR count). The normalized spacial score (nSPS) is 19.4. The third-order valence-electron chi connectivity index (χ3n) is 3.80. The van der Waals surface area contributed by atoms with E-state index >= 15 is 0 Å². The number of nitrogens with one attached hydrogen (secondary N) is 1. The van der Waals surface area contributed by atoms with E-state index in [0.29, 0.717) is 18.0 Å². The van der Waals surface area contributed by atoms with Gasteiger partial charge in [-0.25, -0.2) is 0 Å². The predicted octanol–water partition coefficient (Wildman–Crippen LogP) is 1.63. The predicted molar refractivity (Wildman–Crippen MR) is 80.0 cm³/mol. The van der Waals surface area contributed by atoms with Gasteiger partial charge in [-0.2, -0.15) is 4.98 Å². The topological polar surface area (TPSA) is 57.4 Å². The van der Waals surface area contributed by atoms with Crippen molar-refractivity contribution in [2.75, 3.05) is 45.1 Å². The quantitative estimate of drug-likeness (QED) is 0.855. The van der Waals surface area contributed by atoms with Crippen molar-refractivity contribution in [1.29, 1.82) is 0 Å². The summed E-state index contributed by atoms with van der Waals surface area (Å²) in [6.07, 6.45) is 1.09. The Labute approximate surface area is 121 Å². The summed E-state index contributed by atoms with van der Waals surface area (Å²) < 4.78 is 5.21. The highest BCUT2D eigenvalue weighted by Crippen LogP contribution is 2.14. The first kappa shape index (κ1) is 15.3. The molecular weight excluding hydrogens is 254 g/mol. The maximum atomic E-state index is 5.21. The number of aromatic nitrogens is 2. The molecule has 1 aliphatic rings. The summed E-state index contributed by atoms with van der Waals surface area (Å²) in [5.41, 5.74) is 0. The van der Waals surface area contributed by atoms with Crippen LogP contribution in [0.1, 0.15) is 38.9 Å². The van der Waals surface area contributed by atoms with Gasteiger partial charge < -0.3 is 19.6 Å². The van der Waals surface area contributed by atoms with E-state index in [1.54, 1.807) is 0 Å². The summed E-state index contributed by atoms with van der Waals surface area (Å²) in [5, 5.41) is 7.25. The molecule has 6 heteroatoms. The van der Waals surface area contributed by atoms with E-state index in [1.807, 2.05) is 0 Å². The zero-order chi connectivity index (χ0) is 14.5. The van der Waals surface area contributed by atoms with E-state index in [9.17, 15) is 0 Å². The monoisotopic (exact) mass is 281 g/mol. The lowest BCUT2D eigenvalue weighted by Gasteiger charge is -2.32. The summed E-state index contributed by atoms with van der Waals surface area (Å²) >= 11 is 0. The van der Waals surface area contributed by atoms with Gasteiger partial charge in [-0.15, -0.1) is 0 Å². The Kier molecular flexibility index (Phi) is 5.37. The number of rotatable bonds is 6. The van der Waals surface area contributed by atoms with Crippen molar-refractivity contribution in [2.24, 2.45) is 0 Å². The number of hydrogen-bond acceptors (Lipinski definition) is 6. The van der Waals surface area contributed by atoms with Crippen molar-refractivity contribution in [3.63, 3.8) is 0 Å². The Morgan fingerprint density at radius 2 is 1.90 bits per heavy atom. The van der Waals surface area contributed by atoms with Gasteiger partial charge in [0.15, 0.2) is 5.82 Å². The molecular formula is C14H27N5O. The Hall–Kier alpha value is -1.14. The van der Waals surface area contributed by atoms with Crippen LogP contribution in [0.25, 0.3) is 0 Å². The smallest absolute Gasteiger partial charge is 0.321 e. The molecule has 1 fully saturated rings. The third kappa shape index (κ3) is 4.45. The molecule has 1 unspecified atom stereocenters. The zero-order valence-electron chi connectivity index (χ0n) is 13.1. The van der Waals surface area contributed by atoms with E-state index < -0.39 is 0 Å².